The Kier molecular flexibility index (Phi) is 5.35. The summed E-state index contributed by atoms with van der Waals surface area (Å²) in [5.74, 6) is 0.209. The van der Waals surface area contributed by atoms with Crippen molar-refractivity contribution < 1.29 is 9.13 Å². The van der Waals surface area contributed by atoms with Crippen LogP contribution in [0.3, 0.4) is 0 Å². The maximum atomic E-state index is 15.6. The van der Waals surface area contributed by atoms with Crippen molar-refractivity contribution in [3.8, 4) is 28.3 Å². The zero-order valence-corrected chi connectivity index (χ0v) is 22.0. The minimum Gasteiger partial charge on any atom is -0.377 e. The summed E-state index contributed by atoms with van der Waals surface area (Å²) in [7, 11) is 8.80. The number of hydrogen-bond donors (Lipinski definition) is 0. The third-order valence-corrected chi connectivity index (χ3v) is 7.23. The number of imidazole rings is 3. The Morgan fingerprint density at radius 3 is 2.45 bits per heavy atom. The molecule has 0 saturated heterocycles. The standard InChI is InChI=1S/C27H27FN8O2/c1-15(38-6)18-7-17(8-23-25(18)35(5)27(37)34(23)4)36-22-10-20(28)19(16-11-30-33(3)13-16)9-21(22)31-26(36)24-12-29-14-32(24)2/h7-15H,1-6H3. The topological polar surface area (TPSA) is 89.6 Å². The molecule has 4 heterocycles. The molecule has 0 bridgehead atoms. The van der Waals surface area contributed by atoms with Gasteiger partial charge in [0.2, 0.25) is 0 Å². The number of ether oxygens (including phenoxy) is 1. The number of fused-ring (bicyclic) bond motifs is 2. The van der Waals surface area contributed by atoms with Crippen molar-refractivity contribution in [3.05, 3.63) is 71.0 Å². The summed E-state index contributed by atoms with van der Waals surface area (Å²) in [6.45, 7) is 1.93. The molecular formula is C27H27FN8O2. The second-order valence-electron chi connectivity index (χ2n) is 9.57. The molecule has 2 aromatic carbocycles. The van der Waals surface area contributed by atoms with Crippen LogP contribution in [-0.2, 0) is 32.9 Å². The van der Waals surface area contributed by atoms with Gasteiger partial charge in [-0.2, -0.15) is 5.10 Å². The molecular weight excluding hydrogens is 487 g/mol. The van der Waals surface area contributed by atoms with Crippen LogP contribution in [0.1, 0.15) is 18.6 Å². The molecule has 1 atom stereocenters. The van der Waals surface area contributed by atoms with Gasteiger partial charge in [0.1, 0.15) is 11.5 Å². The predicted octanol–water partition coefficient (Wildman–Crippen LogP) is 3.86. The lowest BCUT2D eigenvalue weighted by molar-refractivity contribution is 0.120. The van der Waals surface area contributed by atoms with Crippen LogP contribution in [0.2, 0.25) is 0 Å². The average molecular weight is 515 g/mol. The maximum Gasteiger partial charge on any atom is 0.328 e. The zero-order valence-electron chi connectivity index (χ0n) is 22.0. The van der Waals surface area contributed by atoms with E-state index < -0.39 is 0 Å². The van der Waals surface area contributed by atoms with E-state index in [1.54, 1.807) is 73.1 Å². The van der Waals surface area contributed by atoms with Crippen molar-refractivity contribution in [2.45, 2.75) is 13.0 Å². The second-order valence-corrected chi connectivity index (χ2v) is 9.57. The summed E-state index contributed by atoms with van der Waals surface area (Å²) in [4.78, 5) is 22.1. The highest BCUT2D eigenvalue weighted by Gasteiger charge is 2.23. The van der Waals surface area contributed by atoms with Crippen molar-refractivity contribution >= 4 is 22.1 Å². The van der Waals surface area contributed by atoms with Crippen LogP contribution in [0, 0.1) is 5.82 Å². The molecule has 0 N–H and O–H groups in total. The van der Waals surface area contributed by atoms with Gasteiger partial charge in [-0.05, 0) is 25.1 Å². The summed E-state index contributed by atoms with van der Waals surface area (Å²) in [6.07, 6.45) is 6.53. The lowest BCUT2D eigenvalue weighted by atomic mass is 10.1. The molecule has 0 aliphatic heterocycles. The van der Waals surface area contributed by atoms with E-state index in [1.165, 1.54) is 6.07 Å². The number of hydrogen-bond acceptors (Lipinski definition) is 5. The SMILES string of the molecule is COC(C)c1cc(-n2c(-c3cncn3C)nc3cc(-c4cnn(C)c4)c(F)cc32)cc2c1n(C)c(=O)n2C. The van der Waals surface area contributed by atoms with Gasteiger partial charge < -0.3 is 9.30 Å². The molecule has 4 aromatic heterocycles. The van der Waals surface area contributed by atoms with Gasteiger partial charge in [-0.25, -0.2) is 19.2 Å². The van der Waals surface area contributed by atoms with Crippen molar-refractivity contribution in [2.24, 2.45) is 28.2 Å². The summed E-state index contributed by atoms with van der Waals surface area (Å²) in [5.41, 5.74) is 5.99. The van der Waals surface area contributed by atoms with Crippen LogP contribution in [0.5, 0.6) is 0 Å². The van der Waals surface area contributed by atoms with Crippen molar-refractivity contribution in [1.29, 1.82) is 0 Å². The van der Waals surface area contributed by atoms with E-state index in [0.717, 1.165) is 28.0 Å². The highest BCUT2D eigenvalue weighted by atomic mass is 19.1. The Balaban J connectivity index is 1.71. The van der Waals surface area contributed by atoms with Crippen LogP contribution in [0.25, 0.3) is 50.4 Å². The number of methoxy groups -OCH3 is 1. The Hall–Kier alpha value is -4.51. The molecule has 0 aliphatic rings. The number of halogens is 1. The molecule has 38 heavy (non-hydrogen) atoms. The number of aryl methyl sites for hydroxylation is 4. The Morgan fingerprint density at radius 1 is 1.00 bits per heavy atom. The highest BCUT2D eigenvalue weighted by molar-refractivity contribution is 5.89. The molecule has 194 valence electrons. The fourth-order valence-corrected chi connectivity index (χ4v) is 5.12. The molecule has 10 nitrogen and oxygen atoms in total. The summed E-state index contributed by atoms with van der Waals surface area (Å²) in [5, 5.41) is 4.19. The van der Waals surface area contributed by atoms with Crippen LogP contribution in [0.4, 0.5) is 4.39 Å². The second kappa shape index (κ2) is 8.52. The lowest BCUT2D eigenvalue weighted by Gasteiger charge is -2.17. The van der Waals surface area contributed by atoms with Gasteiger partial charge in [0, 0.05) is 64.3 Å². The molecule has 0 fully saturated rings. The minimum absolute atomic E-state index is 0.142. The molecule has 0 amide bonds. The van der Waals surface area contributed by atoms with Gasteiger partial charge in [0.15, 0.2) is 5.82 Å². The highest BCUT2D eigenvalue weighted by Crippen LogP contribution is 2.36. The Bertz CT molecular complexity index is 1920. The Morgan fingerprint density at radius 2 is 1.79 bits per heavy atom. The summed E-state index contributed by atoms with van der Waals surface area (Å²) >= 11 is 0. The fourth-order valence-electron chi connectivity index (χ4n) is 5.12. The number of aromatic nitrogens is 8. The normalized spacial score (nSPS) is 12.7. The predicted molar refractivity (Wildman–Crippen MR) is 143 cm³/mol. The molecule has 0 radical (unpaired) electrons. The molecule has 0 aliphatic carbocycles. The van der Waals surface area contributed by atoms with Crippen molar-refractivity contribution in [3.63, 3.8) is 0 Å². The average Bonchev–Trinajstić information content (AvgIpc) is 3.66. The van der Waals surface area contributed by atoms with Crippen LogP contribution < -0.4 is 5.69 Å². The largest absolute Gasteiger partial charge is 0.377 e. The third kappa shape index (κ3) is 3.42. The van der Waals surface area contributed by atoms with E-state index in [-0.39, 0.29) is 17.6 Å². The van der Waals surface area contributed by atoms with Crippen molar-refractivity contribution in [1.82, 2.24) is 38.0 Å². The van der Waals surface area contributed by atoms with E-state index in [9.17, 15) is 4.79 Å². The van der Waals surface area contributed by atoms with Gasteiger partial charge in [-0.1, -0.05) is 0 Å². The molecule has 0 saturated carbocycles. The smallest absolute Gasteiger partial charge is 0.328 e. The maximum absolute atomic E-state index is 15.6. The fraction of sp³-hybridized carbons (Fsp3) is 0.259. The number of rotatable bonds is 5. The third-order valence-electron chi connectivity index (χ3n) is 7.23. The first-order chi connectivity index (χ1) is 18.2. The quantitative estimate of drug-likeness (QED) is 0.349. The zero-order chi connectivity index (χ0) is 26.9. The van der Waals surface area contributed by atoms with Gasteiger partial charge in [0.25, 0.3) is 0 Å². The first-order valence-electron chi connectivity index (χ1n) is 12.1. The summed E-state index contributed by atoms with van der Waals surface area (Å²) in [6, 6.07) is 7.14. The monoisotopic (exact) mass is 514 g/mol. The van der Waals surface area contributed by atoms with Crippen LogP contribution in [0.15, 0.2) is 54.0 Å². The van der Waals surface area contributed by atoms with Crippen LogP contribution >= 0.6 is 0 Å². The molecule has 11 heteroatoms. The van der Waals surface area contributed by atoms with Crippen LogP contribution in [-0.4, -0.2) is 45.1 Å². The van der Waals surface area contributed by atoms with E-state index in [4.69, 9.17) is 9.72 Å². The van der Waals surface area contributed by atoms with Gasteiger partial charge >= 0.3 is 5.69 Å². The first-order valence-corrected chi connectivity index (χ1v) is 12.1. The minimum atomic E-state index is -0.387. The van der Waals surface area contributed by atoms with Gasteiger partial charge in [0.05, 0.1) is 52.6 Å². The molecule has 6 rings (SSSR count). The van der Waals surface area contributed by atoms with E-state index in [2.05, 4.69) is 10.1 Å². The molecule has 0 spiro atoms. The Labute approximate surface area is 217 Å². The number of nitrogens with zero attached hydrogens (tertiary/aromatic N) is 8. The first kappa shape index (κ1) is 23.9. The number of benzene rings is 2. The van der Waals surface area contributed by atoms with E-state index in [1.807, 2.05) is 35.2 Å². The van der Waals surface area contributed by atoms with Gasteiger partial charge in [-0.3, -0.25) is 18.4 Å². The molecule has 1 unspecified atom stereocenters. The molecule has 6 aromatic rings. The van der Waals surface area contributed by atoms with Gasteiger partial charge in [-0.15, -0.1) is 0 Å². The lowest BCUT2D eigenvalue weighted by Crippen LogP contribution is -2.19. The summed E-state index contributed by atoms with van der Waals surface area (Å²) < 4.78 is 29.9. The van der Waals surface area contributed by atoms with E-state index >= 15 is 4.39 Å². The van der Waals surface area contributed by atoms with E-state index in [0.29, 0.717) is 28.0 Å². The van der Waals surface area contributed by atoms with Crippen molar-refractivity contribution in [2.75, 3.05) is 7.11 Å².